The lowest BCUT2D eigenvalue weighted by atomic mass is 10.2. The molecule has 2 atom stereocenters. The van der Waals surface area contributed by atoms with Crippen molar-refractivity contribution in [2.75, 3.05) is 27.2 Å². The van der Waals surface area contributed by atoms with Crippen LogP contribution in [0.1, 0.15) is 33.6 Å². The van der Waals surface area contributed by atoms with Crippen molar-refractivity contribution in [3.63, 3.8) is 0 Å². The summed E-state index contributed by atoms with van der Waals surface area (Å²) in [7, 11) is 4.19. The van der Waals surface area contributed by atoms with Gasteiger partial charge >= 0.3 is 0 Å². The van der Waals surface area contributed by atoms with Gasteiger partial charge in [-0.15, -0.1) is 0 Å². The highest BCUT2D eigenvalue weighted by Crippen LogP contribution is 2.08. The van der Waals surface area contributed by atoms with Crippen LogP contribution >= 0.6 is 0 Å². The van der Waals surface area contributed by atoms with Gasteiger partial charge in [-0.05, 0) is 40.4 Å². The zero-order valence-electron chi connectivity index (χ0n) is 10.3. The number of nitrogens with zero attached hydrogens (tertiary/aromatic N) is 2. The molecule has 3 nitrogen and oxygen atoms in total. The Balaban J connectivity index is 4.27. The van der Waals surface area contributed by atoms with Crippen molar-refractivity contribution in [3.8, 4) is 0 Å². The Hall–Kier alpha value is -0.120. The summed E-state index contributed by atoms with van der Waals surface area (Å²) < 4.78 is 0. The van der Waals surface area contributed by atoms with Gasteiger partial charge in [-0.3, -0.25) is 9.80 Å². The molecule has 0 aromatic carbocycles. The molecular formula is C11H26N2O. The minimum Gasteiger partial charge on any atom is -0.392 e. The van der Waals surface area contributed by atoms with Crippen LogP contribution in [0.2, 0.25) is 0 Å². The lowest BCUT2D eigenvalue weighted by Crippen LogP contribution is -2.47. The van der Waals surface area contributed by atoms with E-state index in [2.05, 4.69) is 37.7 Å². The van der Waals surface area contributed by atoms with E-state index >= 15 is 0 Å². The lowest BCUT2D eigenvalue weighted by Gasteiger charge is -2.36. The van der Waals surface area contributed by atoms with Gasteiger partial charge in [0.05, 0.1) is 12.3 Å². The summed E-state index contributed by atoms with van der Waals surface area (Å²) in [6, 6.07) is 0. The Morgan fingerprint density at radius 2 is 1.79 bits per heavy atom. The second-order valence-corrected chi connectivity index (χ2v) is 4.20. The van der Waals surface area contributed by atoms with Crippen molar-refractivity contribution in [2.45, 2.75) is 45.9 Å². The van der Waals surface area contributed by atoms with Gasteiger partial charge in [0.2, 0.25) is 0 Å². The molecule has 0 aliphatic rings. The van der Waals surface area contributed by atoms with Gasteiger partial charge in [0.1, 0.15) is 0 Å². The molecule has 2 unspecified atom stereocenters. The third-order valence-corrected chi connectivity index (χ3v) is 2.39. The van der Waals surface area contributed by atoms with E-state index in [9.17, 15) is 5.11 Å². The Bertz CT molecular complexity index is 137. The molecule has 0 aromatic heterocycles. The number of aliphatic hydroxyl groups is 1. The van der Waals surface area contributed by atoms with E-state index in [1.54, 1.807) is 0 Å². The second-order valence-electron chi connectivity index (χ2n) is 4.20. The van der Waals surface area contributed by atoms with Gasteiger partial charge in [0, 0.05) is 6.54 Å². The first-order valence-electron chi connectivity index (χ1n) is 5.61. The normalized spacial score (nSPS) is 16.3. The van der Waals surface area contributed by atoms with Crippen LogP contribution in [-0.2, 0) is 0 Å². The summed E-state index contributed by atoms with van der Waals surface area (Å²) in [5, 5.41) is 9.42. The van der Waals surface area contributed by atoms with Crippen molar-refractivity contribution in [2.24, 2.45) is 0 Å². The topological polar surface area (TPSA) is 26.7 Å². The fourth-order valence-electron chi connectivity index (χ4n) is 1.94. The van der Waals surface area contributed by atoms with Gasteiger partial charge in [-0.25, -0.2) is 0 Å². The quantitative estimate of drug-likeness (QED) is 0.632. The standard InChI is InChI=1S/C11H26N2O/c1-6-8-13(9-10(3)14)11(7-2)12(4)5/h10-11,14H,6-9H2,1-5H3. The van der Waals surface area contributed by atoms with Crippen molar-refractivity contribution >= 4 is 0 Å². The molecular weight excluding hydrogens is 176 g/mol. The third kappa shape index (κ3) is 4.94. The van der Waals surface area contributed by atoms with Crippen LogP contribution in [0.3, 0.4) is 0 Å². The Kier molecular flexibility index (Phi) is 7.15. The molecule has 0 aliphatic heterocycles. The summed E-state index contributed by atoms with van der Waals surface area (Å²) >= 11 is 0. The van der Waals surface area contributed by atoms with E-state index in [4.69, 9.17) is 0 Å². The molecule has 0 fully saturated rings. The molecule has 0 radical (unpaired) electrons. The first-order chi connectivity index (χ1) is 6.52. The monoisotopic (exact) mass is 202 g/mol. The van der Waals surface area contributed by atoms with Crippen LogP contribution in [0.15, 0.2) is 0 Å². The van der Waals surface area contributed by atoms with Gasteiger partial charge < -0.3 is 5.11 Å². The largest absolute Gasteiger partial charge is 0.392 e. The maximum atomic E-state index is 9.42. The smallest absolute Gasteiger partial charge is 0.0639 e. The first-order valence-corrected chi connectivity index (χ1v) is 5.61. The maximum Gasteiger partial charge on any atom is 0.0639 e. The van der Waals surface area contributed by atoms with E-state index in [1.807, 2.05) is 6.92 Å². The second kappa shape index (κ2) is 7.21. The van der Waals surface area contributed by atoms with E-state index in [1.165, 1.54) is 0 Å². The Morgan fingerprint density at radius 3 is 2.07 bits per heavy atom. The first kappa shape index (κ1) is 13.9. The minimum atomic E-state index is -0.240. The van der Waals surface area contributed by atoms with Crippen LogP contribution in [0.4, 0.5) is 0 Å². The van der Waals surface area contributed by atoms with E-state index in [0.717, 1.165) is 25.9 Å². The van der Waals surface area contributed by atoms with Crippen molar-refractivity contribution in [3.05, 3.63) is 0 Å². The van der Waals surface area contributed by atoms with Gasteiger partial charge in [-0.2, -0.15) is 0 Å². The van der Waals surface area contributed by atoms with Crippen molar-refractivity contribution in [1.82, 2.24) is 9.80 Å². The molecule has 0 bridgehead atoms. The Labute approximate surface area is 88.7 Å². The molecule has 86 valence electrons. The van der Waals surface area contributed by atoms with E-state index in [-0.39, 0.29) is 6.10 Å². The fourth-order valence-corrected chi connectivity index (χ4v) is 1.94. The number of hydrogen-bond donors (Lipinski definition) is 1. The van der Waals surface area contributed by atoms with E-state index in [0.29, 0.717) is 6.17 Å². The summed E-state index contributed by atoms with van der Waals surface area (Å²) in [4.78, 5) is 4.57. The van der Waals surface area contributed by atoms with Crippen LogP contribution in [0, 0.1) is 0 Å². The number of hydrogen-bond acceptors (Lipinski definition) is 3. The van der Waals surface area contributed by atoms with Crippen molar-refractivity contribution in [1.29, 1.82) is 0 Å². The average Bonchev–Trinajstić information content (AvgIpc) is 2.03. The Morgan fingerprint density at radius 1 is 1.21 bits per heavy atom. The molecule has 0 heterocycles. The lowest BCUT2D eigenvalue weighted by molar-refractivity contribution is 0.0355. The van der Waals surface area contributed by atoms with Gasteiger partial charge in [-0.1, -0.05) is 13.8 Å². The third-order valence-electron chi connectivity index (χ3n) is 2.39. The highest BCUT2D eigenvalue weighted by molar-refractivity contribution is 4.69. The predicted octanol–water partition coefficient (Wildman–Crippen LogP) is 1.38. The molecule has 1 N–H and O–H groups in total. The molecule has 0 saturated heterocycles. The van der Waals surface area contributed by atoms with Crippen LogP contribution in [-0.4, -0.2) is 54.4 Å². The van der Waals surface area contributed by atoms with Crippen LogP contribution in [0.25, 0.3) is 0 Å². The maximum absolute atomic E-state index is 9.42. The summed E-state index contributed by atoms with van der Waals surface area (Å²) in [6.07, 6.45) is 2.44. The zero-order valence-corrected chi connectivity index (χ0v) is 10.3. The number of rotatable bonds is 7. The molecule has 14 heavy (non-hydrogen) atoms. The van der Waals surface area contributed by atoms with Gasteiger partial charge in [0.25, 0.3) is 0 Å². The van der Waals surface area contributed by atoms with E-state index < -0.39 is 0 Å². The summed E-state index contributed by atoms with van der Waals surface area (Å²) in [5.74, 6) is 0. The minimum absolute atomic E-state index is 0.240. The van der Waals surface area contributed by atoms with Gasteiger partial charge in [0.15, 0.2) is 0 Å². The average molecular weight is 202 g/mol. The zero-order chi connectivity index (χ0) is 11.1. The molecule has 3 heteroatoms. The SMILES string of the molecule is CCCN(CC(C)O)C(CC)N(C)C. The molecule has 0 saturated carbocycles. The van der Waals surface area contributed by atoms with Crippen LogP contribution in [0.5, 0.6) is 0 Å². The fraction of sp³-hybridized carbons (Fsp3) is 1.00. The molecule has 0 aromatic rings. The summed E-state index contributed by atoms with van der Waals surface area (Å²) in [5.41, 5.74) is 0. The summed E-state index contributed by atoms with van der Waals surface area (Å²) in [6.45, 7) is 8.05. The predicted molar refractivity (Wildman–Crippen MR) is 61.3 cm³/mol. The molecule has 0 aliphatic carbocycles. The number of aliphatic hydroxyl groups excluding tert-OH is 1. The van der Waals surface area contributed by atoms with Crippen molar-refractivity contribution < 1.29 is 5.11 Å². The van der Waals surface area contributed by atoms with Crippen LogP contribution < -0.4 is 0 Å². The highest BCUT2D eigenvalue weighted by atomic mass is 16.3. The highest BCUT2D eigenvalue weighted by Gasteiger charge is 2.18. The molecule has 0 spiro atoms. The molecule has 0 rings (SSSR count). The molecule has 0 amide bonds.